The number of hydrogen-bond donors (Lipinski definition) is 1. The van der Waals surface area contributed by atoms with Crippen LogP contribution < -0.4 is 0 Å². The Morgan fingerprint density at radius 2 is 2.11 bits per heavy atom. The maximum absolute atomic E-state index is 8.24. The molecule has 0 amide bonds. The monoisotopic (exact) mass is 240 g/mol. The van der Waals surface area contributed by atoms with Gasteiger partial charge in [0.15, 0.2) is 0 Å². The van der Waals surface area contributed by atoms with Crippen LogP contribution in [0.25, 0.3) is 0 Å². The Morgan fingerprint density at radius 3 is 2.83 bits per heavy atom. The molecule has 92 valence electrons. The minimum Gasteiger partial charge on any atom is -0.469 e. The Bertz CT molecular complexity index is 560. The van der Waals surface area contributed by atoms with Gasteiger partial charge >= 0.3 is 0 Å². The first-order chi connectivity index (χ1) is 8.75. The first-order valence-electron chi connectivity index (χ1n) is 6.21. The van der Waals surface area contributed by atoms with Crippen LogP contribution in [0.5, 0.6) is 0 Å². The van der Waals surface area contributed by atoms with Crippen LogP contribution in [0.1, 0.15) is 23.8 Å². The second kappa shape index (κ2) is 4.33. The van der Waals surface area contributed by atoms with Crippen molar-refractivity contribution in [3.05, 3.63) is 59.5 Å². The van der Waals surface area contributed by atoms with Crippen LogP contribution in [0, 0.1) is 5.41 Å². The van der Waals surface area contributed by atoms with Crippen LogP contribution in [0.2, 0.25) is 0 Å². The van der Waals surface area contributed by atoms with Gasteiger partial charge < -0.3 is 9.32 Å². The van der Waals surface area contributed by atoms with E-state index in [-0.39, 0.29) is 6.04 Å². The van der Waals surface area contributed by atoms with Gasteiger partial charge in [-0.3, -0.25) is 5.41 Å². The first kappa shape index (κ1) is 11.1. The maximum Gasteiger partial charge on any atom is 0.128 e. The van der Waals surface area contributed by atoms with Gasteiger partial charge in [0, 0.05) is 24.6 Å². The summed E-state index contributed by atoms with van der Waals surface area (Å²) in [7, 11) is 0. The van der Waals surface area contributed by atoms with Gasteiger partial charge in [-0.05, 0) is 24.6 Å². The van der Waals surface area contributed by atoms with Crippen molar-refractivity contribution in [2.45, 2.75) is 25.9 Å². The van der Waals surface area contributed by atoms with Gasteiger partial charge in [-0.15, -0.1) is 0 Å². The van der Waals surface area contributed by atoms with Crippen molar-refractivity contribution in [2.75, 3.05) is 0 Å². The highest BCUT2D eigenvalue weighted by Crippen LogP contribution is 2.25. The number of fused-ring (bicyclic) bond motifs is 1. The second-order valence-corrected chi connectivity index (χ2v) is 4.77. The SMILES string of the molecule is CC(Cc1ccco1)N1Cc2ccccc2C1=N. The summed E-state index contributed by atoms with van der Waals surface area (Å²) in [4.78, 5) is 2.13. The highest BCUT2D eigenvalue weighted by molar-refractivity contribution is 6.00. The van der Waals surface area contributed by atoms with Crippen LogP contribution >= 0.6 is 0 Å². The lowest BCUT2D eigenvalue weighted by atomic mass is 10.1. The molecule has 1 aromatic heterocycles. The molecule has 1 unspecified atom stereocenters. The highest BCUT2D eigenvalue weighted by atomic mass is 16.3. The van der Waals surface area contributed by atoms with Gasteiger partial charge in [-0.25, -0.2) is 0 Å². The largest absolute Gasteiger partial charge is 0.469 e. The van der Waals surface area contributed by atoms with Gasteiger partial charge in [-0.2, -0.15) is 0 Å². The van der Waals surface area contributed by atoms with Gasteiger partial charge in [0.05, 0.1) is 6.26 Å². The molecule has 1 atom stereocenters. The number of hydrogen-bond acceptors (Lipinski definition) is 2. The zero-order valence-corrected chi connectivity index (χ0v) is 10.4. The van der Waals surface area contributed by atoms with E-state index >= 15 is 0 Å². The maximum atomic E-state index is 8.24. The van der Waals surface area contributed by atoms with Crippen LogP contribution in [0.3, 0.4) is 0 Å². The van der Waals surface area contributed by atoms with E-state index in [4.69, 9.17) is 9.83 Å². The summed E-state index contributed by atoms with van der Waals surface area (Å²) < 4.78 is 5.38. The molecule has 1 N–H and O–H groups in total. The average molecular weight is 240 g/mol. The molecule has 0 spiro atoms. The van der Waals surface area contributed by atoms with Gasteiger partial charge in [0.25, 0.3) is 0 Å². The Morgan fingerprint density at radius 1 is 1.28 bits per heavy atom. The summed E-state index contributed by atoms with van der Waals surface area (Å²) in [6, 6.07) is 12.3. The molecule has 3 rings (SSSR count). The smallest absolute Gasteiger partial charge is 0.128 e. The van der Waals surface area contributed by atoms with Crippen molar-refractivity contribution in [2.24, 2.45) is 0 Å². The van der Waals surface area contributed by atoms with Gasteiger partial charge in [0.1, 0.15) is 11.6 Å². The van der Waals surface area contributed by atoms with Crippen molar-refractivity contribution < 1.29 is 4.42 Å². The predicted molar refractivity (Wildman–Crippen MR) is 70.7 cm³/mol. The number of amidine groups is 1. The van der Waals surface area contributed by atoms with Crippen molar-refractivity contribution in [1.82, 2.24) is 4.90 Å². The summed E-state index contributed by atoms with van der Waals surface area (Å²) >= 11 is 0. The summed E-state index contributed by atoms with van der Waals surface area (Å²) in [5.74, 6) is 1.61. The van der Waals surface area contributed by atoms with Crippen LogP contribution in [0.4, 0.5) is 0 Å². The predicted octanol–water partition coefficient (Wildman–Crippen LogP) is 3.05. The lowest BCUT2D eigenvalue weighted by molar-refractivity contribution is 0.315. The van der Waals surface area contributed by atoms with Crippen molar-refractivity contribution >= 4 is 5.84 Å². The van der Waals surface area contributed by atoms with Crippen molar-refractivity contribution in [3.63, 3.8) is 0 Å². The molecule has 1 aromatic carbocycles. The molecule has 3 nitrogen and oxygen atoms in total. The number of rotatable bonds is 3. The van der Waals surface area contributed by atoms with E-state index < -0.39 is 0 Å². The average Bonchev–Trinajstić information content (AvgIpc) is 2.98. The fourth-order valence-corrected chi connectivity index (χ4v) is 2.51. The van der Waals surface area contributed by atoms with Crippen LogP contribution in [-0.4, -0.2) is 16.8 Å². The molecule has 0 saturated carbocycles. The molecule has 1 aliphatic heterocycles. The molecule has 0 saturated heterocycles. The Hall–Kier alpha value is -2.03. The van der Waals surface area contributed by atoms with E-state index in [9.17, 15) is 0 Å². The van der Waals surface area contributed by atoms with Gasteiger partial charge in [-0.1, -0.05) is 24.3 Å². The topological polar surface area (TPSA) is 40.2 Å². The van der Waals surface area contributed by atoms with Crippen LogP contribution in [-0.2, 0) is 13.0 Å². The van der Waals surface area contributed by atoms with Crippen molar-refractivity contribution in [1.29, 1.82) is 5.41 Å². The highest BCUT2D eigenvalue weighted by Gasteiger charge is 2.27. The van der Waals surface area contributed by atoms with Crippen molar-refractivity contribution in [3.8, 4) is 0 Å². The molecular weight excluding hydrogens is 224 g/mol. The number of nitrogens with zero attached hydrogens (tertiary/aromatic N) is 1. The molecule has 0 fully saturated rings. The Kier molecular flexibility index (Phi) is 2.67. The molecule has 0 aliphatic carbocycles. The lowest BCUT2D eigenvalue weighted by Crippen LogP contribution is -2.34. The summed E-state index contributed by atoms with van der Waals surface area (Å²) in [6.07, 6.45) is 2.54. The second-order valence-electron chi connectivity index (χ2n) is 4.77. The van der Waals surface area contributed by atoms with E-state index in [1.807, 2.05) is 30.3 Å². The standard InChI is InChI=1S/C15H16N2O/c1-11(9-13-6-4-8-18-13)17-10-12-5-2-3-7-14(12)15(17)16/h2-8,11,16H,9-10H2,1H3. The van der Waals surface area contributed by atoms with Crippen LogP contribution in [0.15, 0.2) is 47.1 Å². The summed E-state index contributed by atoms with van der Waals surface area (Å²) in [5, 5.41) is 8.24. The number of furan rings is 1. The quantitative estimate of drug-likeness (QED) is 0.895. The zero-order chi connectivity index (χ0) is 12.5. The van der Waals surface area contributed by atoms with E-state index in [1.165, 1.54) is 5.56 Å². The van der Waals surface area contributed by atoms with Gasteiger partial charge in [0.2, 0.25) is 0 Å². The molecule has 18 heavy (non-hydrogen) atoms. The molecule has 2 heterocycles. The zero-order valence-electron chi connectivity index (χ0n) is 10.4. The molecule has 0 radical (unpaired) electrons. The summed E-state index contributed by atoms with van der Waals surface area (Å²) in [5.41, 5.74) is 2.30. The lowest BCUT2D eigenvalue weighted by Gasteiger charge is -2.25. The first-order valence-corrected chi connectivity index (χ1v) is 6.21. The Labute approximate surface area is 107 Å². The molecular formula is C15H16N2O. The van der Waals surface area contributed by atoms with E-state index in [2.05, 4.69) is 17.9 Å². The third-order valence-corrected chi connectivity index (χ3v) is 3.51. The summed E-state index contributed by atoms with van der Waals surface area (Å²) in [6.45, 7) is 2.97. The normalized spacial score (nSPS) is 15.8. The third-order valence-electron chi connectivity index (χ3n) is 3.51. The fourth-order valence-electron chi connectivity index (χ4n) is 2.51. The molecule has 3 heteroatoms. The Balaban J connectivity index is 1.78. The fraction of sp³-hybridized carbons (Fsp3) is 0.267. The molecule has 2 aromatic rings. The molecule has 1 aliphatic rings. The minimum atomic E-state index is 0.274. The van der Waals surface area contributed by atoms with E-state index in [1.54, 1.807) is 6.26 Å². The van der Waals surface area contributed by atoms with E-state index in [0.717, 1.165) is 24.3 Å². The number of nitrogens with one attached hydrogen (secondary N) is 1. The van der Waals surface area contributed by atoms with E-state index in [0.29, 0.717) is 5.84 Å². The minimum absolute atomic E-state index is 0.274. The number of benzene rings is 1. The third kappa shape index (κ3) is 1.82. The molecule has 0 bridgehead atoms.